The number of nitrogens with zero attached hydrogens (tertiary/aromatic N) is 1. The Morgan fingerprint density at radius 3 is 2.65 bits per heavy atom. The lowest BCUT2D eigenvalue weighted by atomic mass is 10.0. The smallest absolute Gasteiger partial charge is 0.0459 e. The van der Waals surface area contributed by atoms with Gasteiger partial charge in [0.15, 0.2) is 0 Å². The van der Waals surface area contributed by atoms with E-state index in [-0.39, 0.29) is 0 Å². The van der Waals surface area contributed by atoms with Crippen LogP contribution < -0.4 is 4.90 Å². The molecule has 2 rings (SSSR count). The lowest BCUT2D eigenvalue weighted by molar-refractivity contribution is 0.577. The molecule has 2 nitrogen and oxygen atoms in total. The van der Waals surface area contributed by atoms with Gasteiger partial charge in [0.05, 0.1) is 0 Å². The highest BCUT2D eigenvalue weighted by molar-refractivity contribution is 6.31. The molecule has 1 N–H and O–H groups in total. The van der Waals surface area contributed by atoms with Crippen LogP contribution >= 0.6 is 11.6 Å². The highest BCUT2D eigenvalue weighted by Crippen LogP contribution is 2.27. The SMILES string of the molecule is CCC(=N)c1cc(Cl)ccc1N1CCCCC1. The van der Waals surface area contributed by atoms with Crippen molar-refractivity contribution in [2.45, 2.75) is 32.6 Å². The summed E-state index contributed by atoms with van der Waals surface area (Å²) in [4.78, 5) is 2.39. The van der Waals surface area contributed by atoms with Gasteiger partial charge in [-0.15, -0.1) is 0 Å². The molecule has 1 aliphatic rings. The van der Waals surface area contributed by atoms with Crippen molar-refractivity contribution in [1.29, 1.82) is 5.41 Å². The minimum atomic E-state index is 0.674. The third-order valence-corrected chi connectivity index (χ3v) is 3.57. The van der Waals surface area contributed by atoms with Crippen molar-refractivity contribution in [1.82, 2.24) is 0 Å². The highest BCUT2D eigenvalue weighted by atomic mass is 35.5. The first-order valence-electron chi connectivity index (χ1n) is 6.34. The summed E-state index contributed by atoms with van der Waals surface area (Å²) in [5.74, 6) is 0. The summed E-state index contributed by atoms with van der Waals surface area (Å²) < 4.78 is 0. The van der Waals surface area contributed by atoms with Crippen molar-refractivity contribution < 1.29 is 0 Å². The van der Waals surface area contributed by atoms with Gasteiger partial charge in [-0.25, -0.2) is 0 Å². The summed E-state index contributed by atoms with van der Waals surface area (Å²) in [7, 11) is 0. The molecule has 0 amide bonds. The van der Waals surface area contributed by atoms with E-state index in [4.69, 9.17) is 17.0 Å². The second-order valence-corrected chi connectivity index (χ2v) is 4.98. The van der Waals surface area contributed by atoms with Crippen LogP contribution in [0.3, 0.4) is 0 Å². The molecular weight excluding hydrogens is 232 g/mol. The number of hydrogen-bond acceptors (Lipinski definition) is 2. The van der Waals surface area contributed by atoms with E-state index in [2.05, 4.69) is 11.0 Å². The molecular formula is C14H19ClN2. The Labute approximate surface area is 108 Å². The molecule has 0 saturated carbocycles. The van der Waals surface area contributed by atoms with Gasteiger partial charge in [0, 0.05) is 35.1 Å². The molecule has 0 bridgehead atoms. The van der Waals surface area contributed by atoms with E-state index in [1.54, 1.807) is 0 Å². The zero-order valence-electron chi connectivity index (χ0n) is 10.3. The fourth-order valence-electron chi connectivity index (χ4n) is 2.35. The molecule has 1 aromatic rings. The van der Waals surface area contributed by atoms with E-state index in [0.717, 1.165) is 30.1 Å². The fraction of sp³-hybridized carbons (Fsp3) is 0.500. The Morgan fingerprint density at radius 2 is 2.00 bits per heavy atom. The average Bonchev–Trinajstić information content (AvgIpc) is 2.38. The molecule has 1 fully saturated rings. The largest absolute Gasteiger partial charge is 0.371 e. The predicted octanol–water partition coefficient (Wildman–Crippen LogP) is 4.11. The second kappa shape index (κ2) is 5.54. The summed E-state index contributed by atoms with van der Waals surface area (Å²) in [5.41, 5.74) is 2.86. The van der Waals surface area contributed by atoms with Gasteiger partial charge in [-0.05, 0) is 43.9 Å². The average molecular weight is 251 g/mol. The Bertz CT molecular complexity index is 409. The van der Waals surface area contributed by atoms with Crippen molar-refractivity contribution in [3.8, 4) is 0 Å². The van der Waals surface area contributed by atoms with Crippen LogP contribution in [-0.4, -0.2) is 18.8 Å². The Morgan fingerprint density at radius 1 is 1.29 bits per heavy atom. The molecule has 1 aliphatic heterocycles. The van der Waals surface area contributed by atoms with Gasteiger partial charge in [-0.3, -0.25) is 0 Å². The zero-order valence-corrected chi connectivity index (χ0v) is 11.1. The minimum Gasteiger partial charge on any atom is -0.371 e. The van der Waals surface area contributed by atoms with Crippen molar-refractivity contribution in [3.63, 3.8) is 0 Å². The van der Waals surface area contributed by atoms with Gasteiger partial charge in [0.1, 0.15) is 0 Å². The van der Waals surface area contributed by atoms with Gasteiger partial charge >= 0.3 is 0 Å². The van der Waals surface area contributed by atoms with Crippen molar-refractivity contribution >= 4 is 23.0 Å². The summed E-state index contributed by atoms with van der Waals surface area (Å²) >= 11 is 6.04. The Kier molecular flexibility index (Phi) is 4.06. The molecule has 1 heterocycles. The third kappa shape index (κ3) is 2.81. The maximum absolute atomic E-state index is 8.05. The minimum absolute atomic E-state index is 0.674. The lowest BCUT2D eigenvalue weighted by Crippen LogP contribution is -2.30. The maximum Gasteiger partial charge on any atom is 0.0459 e. The monoisotopic (exact) mass is 250 g/mol. The third-order valence-electron chi connectivity index (χ3n) is 3.33. The molecule has 92 valence electrons. The molecule has 3 heteroatoms. The topological polar surface area (TPSA) is 27.1 Å². The van der Waals surface area contributed by atoms with Crippen LogP contribution in [0.15, 0.2) is 18.2 Å². The quantitative estimate of drug-likeness (QED) is 0.804. The van der Waals surface area contributed by atoms with E-state index in [1.165, 1.54) is 24.9 Å². The van der Waals surface area contributed by atoms with Gasteiger partial charge in [0.2, 0.25) is 0 Å². The lowest BCUT2D eigenvalue weighted by Gasteiger charge is -2.30. The van der Waals surface area contributed by atoms with Gasteiger partial charge in [-0.1, -0.05) is 18.5 Å². The molecule has 1 aromatic carbocycles. The highest BCUT2D eigenvalue weighted by Gasteiger charge is 2.16. The van der Waals surface area contributed by atoms with Crippen LogP contribution in [0, 0.1) is 5.41 Å². The van der Waals surface area contributed by atoms with E-state index in [9.17, 15) is 0 Å². The first kappa shape index (κ1) is 12.4. The number of anilines is 1. The molecule has 0 aliphatic carbocycles. The number of hydrogen-bond donors (Lipinski definition) is 1. The van der Waals surface area contributed by atoms with Gasteiger partial charge in [0.25, 0.3) is 0 Å². The molecule has 0 spiro atoms. The standard InChI is InChI=1S/C14H19ClN2/c1-2-13(16)12-10-11(15)6-7-14(12)17-8-4-3-5-9-17/h6-7,10,16H,2-5,8-9H2,1H3. The van der Waals surface area contributed by atoms with Crippen molar-refractivity contribution in [3.05, 3.63) is 28.8 Å². The summed E-state index contributed by atoms with van der Waals surface area (Å²) in [6, 6.07) is 5.92. The van der Waals surface area contributed by atoms with Crippen molar-refractivity contribution in [2.75, 3.05) is 18.0 Å². The van der Waals surface area contributed by atoms with Crippen LogP contribution in [-0.2, 0) is 0 Å². The number of piperidine rings is 1. The second-order valence-electron chi connectivity index (χ2n) is 4.54. The summed E-state index contributed by atoms with van der Waals surface area (Å²) in [6.07, 6.45) is 4.58. The molecule has 1 saturated heterocycles. The van der Waals surface area contributed by atoms with Gasteiger partial charge in [-0.2, -0.15) is 0 Å². The molecule has 0 unspecified atom stereocenters. The van der Waals surface area contributed by atoms with E-state index < -0.39 is 0 Å². The summed E-state index contributed by atoms with van der Waals surface area (Å²) in [5, 5.41) is 8.77. The van der Waals surface area contributed by atoms with Crippen LogP contribution in [0.1, 0.15) is 38.2 Å². The van der Waals surface area contributed by atoms with Gasteiger partial charge < -0.3 is 10.3 Å². The molecule has 0 atom stereocenters. The summed E-state index contributed by atoms with van der Waals surface area (Å²) in [6.45, 7) is 4.22. The zero-order chi connectivity index (χ0) is 12.3. The Balaban J connectivity index is 2.34. The fourth-order valence-corrected chi connectivity index (χ4v) is 2.52. The normalized spacial score (nSPS) is 16.0. The van der Waals surface area contributed by atoms with E-state index >= 15 is 0 Å². The van der Waals surface area contributed by atoms with Crippen LogP contribution in [0.25, 0.3) is 0 Å². The predicted molar refractivity (Wildman–Crippen MR) is 74.6 cm³/mol. The molecule has 0 aromatic heterocycles. The molecule has 17 heavy (non-hydrogen) atoms. The number of halogens is 1. The number of benzene rings is 1. The number of nitrogens with one attached hydrogen (secondary N) is 1. The van der Waals surface area contributed by atoms with E-state index in [1.807, 2.05) is 19.1 Å². The van der Waals surface area contributed by atoms with Crippen molar-refractivity contribution in [2.24, 2.45) is 0 Å². The van der Waals surface area contributed by atoms with Crippen LogP contribution in [0.4, 0.5) is 5.69 Å². The number of rotatable bonds is 3. The van der Waals surface area contributed by atoms with Crippen LogP contribution in [0.2, 0.25) is 5.02 Å². The molecule has 0 radical (unpaired) electrons. The Hall–Kier alpha value is -1.02. The maximum atomic E-state index is 8.05. The van der Waals surface area contributed by atoms with E-state index in [0.29, 0.717) is 5.71 Å². The first-order chi connectivity index (χ1) is 8.22. The van der Waals surface area contributed by atoms with Crippen LogP contribution in [0.5, 0.6) is 0 Å². The first-order valence-corrected chi connectivity index (χ1v) is 6.72.